The minimum absolute atomic E-state index is 0.0291. The molecule has 114 valence electrons. The van der Waals surface area contributed by atoms with Crippen molar-refractivity contribution in [3.05, 3.63) is 23.8 Å². The molecule has 0 radical (unpaired) electrons. The van der Waals surface area contributed by atoms with Crippen LogP contribution in [0.3, 0.4) is 0 Å². The zero-order valence-electron chi connectivity index (χ0n) is 12.3. The molecular formula is C15H20N2O4. The third kappa shape index (κ3) is 3.16. The van der Waals surface area contributed by atoms with Crippen molar-refractivity contribution in [1.82, 2.24) is 0 Å². The number of hydrogen-bond acceptors (Lipinski definition) is 4. The second-order valence-corrected chi connectivity index (χ2v) is 5.57. The molecule has 1 aliphatic rings. The molecule has 2 rings (SSSR count). The normalized spacial score (nSPS) is 16.3. The fourth-order valence-electron chi connectivity index (χ4n) is 2.35. The molecule has 1 aromatic rings. The second kappa shape index (κ2) is 5.73. The predicted octanol–water partition coefficient (Wildman–Crippen LogP) is 1.51. The molecular weight excluding hydrogens is 272 g/mol. The lowest BCUT2D eigenvalue weighted by atomic mass is 10.0. The van der Waals surface area contributed by atoms with Gasteiger partial charge < -0.3 is 20.5 Å². The summed E-state index contributed by atoms with van der Waals surface area (Å²) in [5, 5.41) is 8.73. The number of amides is 1. The maximum absolute atomic E-state index is 12.5. The number of anilines is 1. The summed E-state index contributed by atoms with van der Waals surface area (Å²) in [6.45, 7) is 4.16. The fourth-order valence-corrected chi connectivity index (χ4v) is 2.35. The molecule has 1 amide bonds. The van der Waals surface area contributed by atoms with Gasteiger partial charge >= 0.3 is 5.97 Å². The molecule has 0 spiro atoms. The third-order valence-corrected chi connectivity index (χ3v) is 3.45. The van der Waals surface area contributed by atoms with Crippen molar-refractivity contribution in [1.29, 1.82) is 0 Å². The van der Waals surface area contributed by atoms with Crippen molar-refractivity contribution < 1.29 is 19.4 Å². The summed E-state index contributed by atoms with van der Waals surface area (Å²) in [6, 6.07) is 5.47. The first-order valence-electron chi connectivity index (χ1n) is 6.91. The summed E-state index contributed by atoms with van der Waals surface area (Å²) in [6.07, 6.45) is 0.427. The molecule has 1 aromatic carbocycles. The number of rotatable bonds is 5. The summed E-state index contributed by atoms with van der Waals surface area (Å²) in [7, 11) is 0. The summed E-state index contributed by atoms with van der Waals surface area (Å²) in [5.41, 5.74) is 6.25. The van der Waals surface area contributed by atoms with Crippen molar-refractivity contribution >= 4 is 17.6 Å². The molecule has 0 saturated heterocycles. The van der Waals surface area contributed by atoms with Gasteiger partial charge in [-0.25, -0.2) is 0 Å². The van der Waals surface area contributed by atoms with Gasteiger partial charge in [-0.05, 0) is 38.0 Å². The van der Waals surface area contributed by atoms with Gasteiger partial charge in [-0.3, -0.25) is 9.59 Å². The van der Waals surface area contributed by atoms with Crippen molar-refractivity contribution in [2.75, 3.05) is 11.4 Å². The van der Waals surface area contributed by atoms with Crippen LogP contribution >= 0.6 is 0 Å². The van der Waals surface area contributed by atoms with Gasteiger partial charge in [-0.2, -0.15) is 0 Å². The Labute approximate surface area is 123 Å². The smallest absolute Gasteiger partial charge is 0.303 e. The standard InChI is InChI=1S/C15H20N2O4/c1-15(2)14(20)17(7-3-4-13(18)19)11-6-5-10(9-16)8-12(11)21-15/h5-6,8H,3-4,7,9,16H2,1-2H3,(H,18,19). The Balaban J connectivity index is 2.30. The predicted molar refractivity (Wildman–Crippen MR) is 78.3 cm³/mol. The fraction of sp³-hybridized carbons (Fsp3) is 0.467. The number of nitrogens with zero attached hydrogens (tertiary/aromatic N) is 1. The van der Waals surface area contributed by atoms with E-state index in [1.165, 1.54) is 0 Å². The van der Waals surface area contributed by atoms with Crippen LogP contribution in [0, 0.1) is 0 Å². The summed E-state index contributed by atoms with van der Waals surface area (Å²) >= 11 is 0. The molecule has 0 bridgehead atoms. The Morgan fingerprint density at radius 3 is 2.76 bits per heavy atom. The highest BCUT2D eigenvalue weighted by Gasteiger charge is 2.40. The van der Waals surface area contributed by atoms with Crippen LogP contribution < -0.4 is 15.4 Å². The van der Waals surface area contributed by atoms with Crippen LogP contribution in [-0.4, -0.2) is 29.1 Å². The largest absolute Gasteiger partial charge is 0.481 e. The van der Waals surface area contributed by atoms with Crippen molar-refractivity contribution in [2.45, 2.75) is 38.8 Å². The Morgan fingerprint density at radius 1 is 1.43 bits per heavy atom. The van der Waals surface area contributed by atoms with Crippen LogP contribution in [0.15, 0.2) is 18.2 Å². The van der Waals surface area contributed by atoms with E-state index in [4.69, 9.17) is 15.6 Å². The number of fused-ring (bicyclic) bond motifs is 1. The Kier molecular flexibility index (Phi) is 4.18. The molecule has 0 unspecified atom stereocenters. The lowest BCUT2D eigenvalue weighted by Crippen LogP contribution is -2.52. The molecule has 1 heterocycles. The van der Waals surface area contributed by atoms with Gasteiger partial charge in [0.15, 0.2) is 5.60 Å². The van der Waals surface area contributed by atoms with E-state index in [1.807, 2.05) is 12.1 Å². The molecule has 21 heavy (non-hydrogen) atoms. The van der Waals surface area contributed by atoms with Gasteiger partial charge in [0, 0.05) is 19.5 Å². The molecule has 1 aliphatic heterocycles. The van der Waals surface area contributed by atoms with Crippen molar-refractivity contribution in [3.8, 4) is 5.75 Å². The van der Waals surface area contributed by atoms with E-state index >= 15 is 0 Å². The summed E-state index contributed by atoms with van der Waals surface area (Å²) < 4.78 is 5.77. The number of ether oxygens (including phenoxy) is 1. The van der Waals surface area contributed by atoms with Crippen molar-refractivity contribution in [2.24, 2.45) is 5.73 Å². The SMILES string of the molecule is CC1(C)Oc2cc(CN)ccc2N(CCCC(=O)O)C1=O. The molecule has 0 aliphatic carbocycles. The van der Waals surface area contributed by atoms with Crippen LogP contribution in [0.4, 0.5) is 5.69 Å². The molecule has 0 atom stereocenters. The first-order chi connectivity index (χ1) is 9.85. The maximum atomic E-state index is 12.5. The molecule has 0 aromatic heterocycles. The molecule has 3 N–H and O–H groups in total. The number of carboxylic acid groups (broad SMARTS) is 1. The van der Waals surface area contributed by atoms with Crippen LogP contribution in [0.2, 0.25) is 0 Å². The number of carboxylic acids is 1. The Bertz CT molecular complexity index is 569. The maximum Gasteiger partial charge on any atom is 0.303 e. The molecule has 6 nitrogen and oxygen atoms in total. The van der Waals surface area contributed by atoms with Gasteiger partial charge in [0.1, 0.15) is 5.75 Å². The average Bonchev–Trinajstić information content (AvgIpc) is 2.41. The highest BCUT2D eigenvalue weighted by atomic mass is 16.5. The lowest BCUT2D eigenvalue weighted by Gasteiger charge is -2.39. The average molecular weight is 292 g/mol. The number of carbonyl (C=O) groups is 2. The van der Waals surface area contributed by atoms with Crippen LogP contribution in [0.5, 0.6) is 5.75 Å². The zero-order chi connectivity index (χ0) is 15.6. The first-order valence-corrected chi connectivity index (χ1v) is 6.91. The summed E-state index contributed by atoms with van der Waals surface area (Å²) in [5.74, 6) is -0.424. The highest BCUT2D eigenvalue weighted by Crippen LogP contribution is 2.38. The van der Waals surface area contributed by atoms with Crippen LogP contribution in [0.1, 0.15) is 32.3 Å². The topological polar surface area (TPSA) is 92.9 Å². The molecule has 0 fully saturated rings. The van der Waals surface area contributed by atoms with E-state index in [-0.39, 0.29) is 12.3 Å². The summed E-state index contributed by atoms with van der Waals surface area (Å²) in [4.78, 5) is 24.7. The van der Waals surface area contributed by atoms with Gasteiger partial charge in [0.2, 0.25) is 0 Å². The highest BCUT2D eigenvalue weighted by molar-refractivity contribution is 6.02. The van der Waals surface area contributed by atoms with Crippen LogP contribution in [0.25, 0.3) is 0 Å². The first kappa shape index (κ1) is 15.3. The van der Waals surface area contributed by atoms with E-state index < -0.39 is 11.6 Å². The van der Waals surface area contributed by atoms with E-state index in [0.29, 0.717) is 30.9 Å². The Morgan fingerprint density at radius 2 is 2.14 bits per heavy atom. The van der Waals surface area contributed by atoms with E-state index in [0.717, 1.165) is 5.56 Å². The zero-order valence-corrected chi connectivity index (χ0v) is 12.3. The minimum atomic E-state index is -0.969. The van der Waals surface area contributed by atoms with Crippen LogP contribution in [-0.2, 0) is 16.1 Å². The Hall–Kier alpha value is -2.08. The number of benzene rings is 1. The van der Waals surface area contributed by atoms with Gasteiger partial charge in [0.25, 0.3) is 5.91 Å². The van der Waals surface area contributed by atoms with Gasteiger partial charge in [-0.15, -0.1) is 0 Å². The van der Waals surface area contributed by atoms with Gasteiger partial charge in [-0.1, -0.05) is 6.07 Å². The van der Waals surface area contributed by atoms with Gasteiger partial charge in [0.05, 0.1) is 5.69 Å². The van der Waals surface area contributed by atoms with E-state index in [9.17, 15) is 9.59 Å². The monoisotopic (exact) mass is 292 g/mol. The lowest BCUT2D eigenvalue weighted by molar-refractivity contribution is -0.137. The molecule has 6 heteroatoms. The van der Waals surface area contributed by atoms with E-state index in [1.54, 1.807) is 24.8 Å². The number of aliphatic carboxylic acids is 1. The number of hydrogen-bond donors (Lipinski definition) is 2. The third-order valence-electron chi connectivity index (χ3n) is 3.45. The second-order valence-electron chi connectivity index (χ2n) is 5.57. The minimum Gasteiger partial charge on any atom is -0.481 e. The number of nitrogens with two attached hydrogens (primary N) is 1. The number of carbonyl (C=O) groups excluding carboxylic acids is 1. The quantitative estimate of drug-likeness (QED) is 0.858. The molecule has 0 saturated carbocycles. The van der Waals surface area contributed by atoms with Crippen molar-refractivity contribution in [3.63, 3.8) is 0 Å². The van der Waals surface area contributed by atoms with E-state index in [2.05, 4.69) is 0 Å².